The van der Waals surface area contributed by atoms with Crippen LogP contribution in [0.3, 0.4) is 0 Å². The number of nitrogens with one attached hydrogen (secondary N) is 1. The Labute approximate surface area is 152 Å². The molecule has 1 fully saturated rings. The molecule has 0 bridgehead atoms. The van der Waals surface area contributed by atoms with Gasteiger partial charge in [0, 0.05) is 5.02 Å². The molecule has 1 aliphatic rings. The first kappa shape index (κ1) is 16.4. The van der Waals surface area contributed by atoms with Gasteiger partial charge in [0.05, 0.1) is 20.6 Å². The zero-order valence-electron chi connectivity index (χ0n) is 11.5. The number of carbonyl (C=O) groups is 1. The van der Waals surface area contributed by atoms with E-state index >= 15 is 0 Å². The summed E-state index contributed by atoms with van der Waals surface area (Å²) in [5.74, 6) is -0.191. The molecule has 1 saturated heterocycles. The van der Waals surface area contributed by atoms with E-state index in [1.54, 1.807) is 36.4 Å². The predicted molar refractivity (Wildman–Crippen MR) is 98.7 cm³/mol. The van der Waals surface area contributed by atoms with Crippen LogP contribution in [0.1, 0.15) is 5.56 Å². The van der Waals surface area contributed by atoms with E-state index in [0.29, 0.717) is 30.8 Å². The third-order valence-corrected chi connectivity index (χ3v) is 4.85. The quantitative estimate of drug-likeness (QED) is 0.692. The Morgan fingerprint density at radius 2 is 1.74 bits per heavy atom. The molecule has 3 nitrogen and oxygen atoms in total. The van der Waals surface area contributed by atoms with Crippen LogP contribution in [0.15, 0.2) is 52.4 Å². The van der Waals surface area contributed by atoms with Crippen LogP contribution in [-0.4, -0.2) is 11.1 Å². The number of aliphatic imine (C=N–C) groups is 1. The second-order valence-electron chi connectivity index (χ2n) is 4.63. The van der Waals surface area contributed by atoms with Gasteiger partial charge in [0.1, 0.15) is 0 Å². The first-order chi connectivity index (χ1) is 11.0. The van der Waals surface area contributed by atoms with Gasteiger partial charge in [0.25, 0.3) is 5.91 Å². The molecule has 0 spiro atoms. The van der Waals surface area contributed by atoms with E-state index in [1.807, 2.05) is 12.1 Å². The van der Waals surface area contributed by atoms with Gasteiger partial charge in [-0.25, -0.2) is 4.99 Å². The fraction of sp³-hybridized carbons (Fsp3) is 0. The summed E-state index contributed by atoms with van der Waals surface area (Å²) >= 11 is 18.9. The molecule has 0 radical (unpaired) electrons. The third-order valence-electron chi connectivity index (χ3n) is 2.95. The largest absolute Gasteiger partial charge is 0.300 e. The fourth-order valence-corrected chi connectivity index (χ4v) is 3.12. The van der Waals surface area contributed by atoms with Gasteiger partial charge < -0.3 is 5.32 Å². The van der Waals surface area contributed by atoms with Crippen molar-refractivity contribution in [3.8, 4) is 0 Å². The summed E-state index contributed by atoms with van der Waals surface area (Å²) in [4.78, 5) is 16.9. The van der Waals surface area contributed by atoms with Crippen LogP contribution in [0, 0.1) is 0 Å². The lowest BCUT2D eigenvalue weighted by Crippen LogP contribution is -2.19. The van der Waals surface area contributed by atoms with Crippen LogP contribution in [0.2, 0.25) is 15.1 Å². The molecule has 116 valence electrons. The molecule has 1 heterocycles. The summed E-state index contributed by atoms with van der Waals surface area (Å²) in [5.41, 5.74) is 1.51. The molecule has 1 N–H and O–H groups in total. The van der Waals surface area contributed by atoms with Crippen molar-refractivity contribution in [1.29, 1.82) is 0 Å². The highest BCUT2D eigenvalue weighted by atomic mass is 35.5. The van der Waals surface area contributed by atoms with Crippen LogP contribution in [0.5, 0.6) is 0 Å². The van der Waals surface area contributed by atoms with Crippen LogP contribution in [0.25, 0.3) is 6.08 Å². The predicted octanol–water partition coefficient (Wildman–Crippen LogP) is 5.54. The smallest absolute Gasteiger partial charge is 0.264 e. The van der Waals surface area contributed by atoms with Gasteiger partial charge in [0.15, 0.2) is 5.17 Å². The van der Waals surface area contributed by atoms with Crippen LogP contribution in [0.4, 0.5) is 5.69 Å². The molecule has 0 saturated carbocycles. The zero-order valence-corrected chi connectivity index (χ0v) is 14.6. The molecule has 1 aliphatic heterocycles. The summed E-state index contributed by atoms with van der Waals surface area (Å²) in [6.45, 7) is 0. The Balaban J connectivity index is 1.82. The van der Waals surface area contributed by atoms with E-state index in [1.165, 1.54) is 11.8 Å². The highest BCUT2D eigenvalue weighted by molar-refractivity contribution is 8.18. The standard InChI is InChI=1S/C16H9Cl3N2OS/c17-10-3-1-9(2-4-10)7-14-15(22)21-16(23-14)20-11-5-6-12(18)13(19)8-11/h1-8H,(H,20,21,22)/b14-7-. The van der Waals surface area contributed by atoms with E-state index in [0.717, 1.165) is 5.56 Å². The lowest BCUT2D eigenvalue weighted by Gasteiger charge is -1.99. The van der Waals surface area contributed by atoms with Crippen molar-refractivity contribution in [3.05, 3.63) is 68.0 Å². The molecule has 0 aromatic heterocycles. The second-order valence-corrected chi connectivity index (χ2v) is 6.91. The Hall–Kier alpha value is -1.46. The van der Waals surface area contributed by atoms with Gasteiger partial charge in [-0.3, -0.25) is 4.79 Å². The molecule has 3 rings (SSSR count). The van der Waals surface area contributed by atoms with Crippen molar-refractivity contribution >= 4 is 69.4 Å². The normalized spacial score (nSPS) is 17.8. The number of carbonyl (C=O) groups excluding carboxylic acids is 1. The van der Waals surface area contributed by atoms with Gasteiger partial charge in [0.2, 0.25) is 0 Å². The van der Waals surface area contributed by atoms with E-state index in [2.05, 4.69) is 10.3 Å². The molecule has 7 heteroatoms. The van der Waals surface area contributed by atoms with Crippen molar-refractivity contribution in [2.24, 2.45) is 4.99 Å². The molecule has 2 aromatic carbocycles. The Bertz CT molecular complexity index is 832. The van der Waals surface area contributed by atoms with Crippen LogP contribution < -0.4 is 5.32 Å². The molecule has 23 heavy (non-hydrogen) atoms. The Morgan fingerprint density at radius 1 is 1.00 bits per heavy atom. The van der Waals surface area contributed by atoms with E-state index in [-0.39, 0.29) is 5.91 Å². The third kappa shape index (κ3) is 4.09. The fourth-order valence-electron chi connectivity index (χ4n) is 1.86. The Morgan fingerprint density at radius 3 is 2.43 bits per heavy atom. The first-order valence-corrected chi connectivity index (χ1v) is 8.46. The van der Waals surface area contributed by atoms with E-state index < -0.39 is 0 Å². The minimum absolute atomic E-state index is 0.191. The summed E-state index contributed by atoms with van der Waals surface area (Å²) in [6.07, 6.45) is 1.79. The number of rotatable bonds is 2. The minimum atomic E-state index is -0.191. The van der Waals surface area contributed by atoms with Crippen LogP contribution >= 0.6 is 46.6 Å². The van der Waals surface area contributed by atoms with Crippen LogP contribution in [-0.2, 0) is 4.79 Å². The van der Waals surface area contributed by atoms with Gasteiger partial charge in [-0.15, -0.1) is 0 Å². The lowest BCUT2D eigenvalue weighted by atomic mass is 10.2. The highest BCUT2D eigenvalue weighted by Gasteiger charge is 2.23. The number of nitrogens with zero attached hydrogens (tertiary/aromatic N) is 1. The highest BCUT2D eigenvalue weighted by Crippen LogP contribution is 2.31. The summed E-state index contributed by atoms with van der Waals surface area (Å²) in [5, 5.41) is 4.74. The number of hydrogen-bond acceptors (Lipinski definition) is 3. The van der Waals surface area contributed by atoms with Crippen molar-refractivity contribution in [2.75, 3.05) is 0 Å². The first-order valence-electron chi connectivity index (χ1n) is 6.51. The zero-order chi connectivity index (χ0) is 16.4. The topological polar surface area (TPSA) is 41.5 Å². The summed E-state index contributed by atoms with van der Waals surface area (Å²) in [7, 11) is 0. The molecule has 2 aromatic rings. The number of benzene rings is 2. The number of halogens is 3. The lowest BCUT2D eigenvalue weighted by molar-refractivity contribution is -0.115. The SMILES string of the molecule is O=C1NC(=Nc2ccc(Cl)c(Cl)c2)S/C1=C\c1ccc(Cl)cc1. The van der Waals surface area contributed by atoms with Gasteiger partial charge in [-0.1, -0.05) is 46.9 Å². The summed E-state index contributed by atoms with van der Waals surface area (Å²) < 4.78 is 0. The monoisotopic (exact) mass is 382 g/mol. The molecule has 1 amide bonds. The minimum Gasteiger partial charge on any atom is -0.300 e. The molecular weight excluding hydrogens is 375 g/mol. The molecular formula is C16H9Cl3N2OS. The average Bonchev–Trinajstić information content (AvgIpc) is 2.85. The van der Waals surface area contributed by atoms with Crippen molar-refractivity contribution in [2.45, 2.75) is 0 Å². The number of thioether (sulfide) groups is 1. The number of amides is 1. The molecule has 0 aliphatic carbocycles. The maximum Gasteiger partial charge on any atom is 0.264 e. The average molecular weight is 384 g/mol. The van der Waals surface area contributed by atoms with Crippen molar-refractivity contribution in [3.63, 3.8) is 0 Å². The Kier molecular flexibility index (Phi) is 4.97. The van der Waals surface area contributed by atoms with E-state index in [9.17, 15) is 4.79 Å². The molecule has 0 unspecified atom stereocenters. The second kappa shape index (κ2) is 6.97. The van der Waals surface area contributed by atoms with E-state index in [4.69, 9.17) is 34.8 Å². The van der Waals surface area contributed by atoms with Crippen molar-refractivity contribution < 1.29 is 4.79 Å². The summed E-state index contributed by atoms with van der Waals surface area (Å²) in [6, 6.07) is 12.3. The maximum absolute atomic E-state index is 12.0. The molecule has 0 atom stereocenters. The number of hydrogen-bond donors (Lipinski definition) is 1. The van der Waals surface area contributed by atoms with Crippen molar-refractivity contribution in [1.82, 2.24) is 5.32 Å². The van der Waals surface area contributed by atoms with Gasteiger partial charge in [-0.05, 0) is 53.7 Å². The number of amidine groups is 1. The van der Waals surface area contributed by atoms with Gasteiger partial charge in [-0.2, -0.15) is 0 Å². The van der Waals surface area contributed by atoms with Gasteiger partial charge >= 0.3 is 0 Å². The maximum atomic E-state index is 12.0.